The minimum absolute atomic E-state index is 0.0616. The zero-order chi connectivity index (χ0) is 40.0. The highest BCUT2D eigenvalue weighted by Crippen LogP contribution is 2.59. The summed E-state index contributed by atoms with van der Waals surface area (Å²) >= 11 is 1.68. The molecular weight excluding hydrogens is 725 g/mol. The highest BCUT2D eigenvalue weighted by Gasteiger charge is 2.57. The molecule has 3 aliphatic rings. The second-order valence-electron chi connectivity index (χ2n) is 16.6. The molecule has 0 spiro atoms. The summed E-state index contributed by atoms with van der Waals surface area (Å²) in [6.45, 7) is 6.94. The van der Waals surface area contributed by atoms with Crippen molar-refractivity contribution in [1.29, 1.82) is 0 Å². The summed E-state index contributed by atoms with van der Waals surface area (Å²) in [7, 11) is 0. The number of rotatable bonds is 10. The van der Waals surface area contributed by atoms with Crippen molar-refractivity contribution in [2.75, 3.05) is 13.1 Å². The lowest BCUT2D eigenvalue weighted by Crippen LogP contribution is -2.56. The first-order chi connectivity index (χ1) is 27.5. The number of carbonyl (C=O) groups is 2. The van der Waals surface area contributed by atoms with Crippen LogP contribution in [-0.2, 0) is 12.8 Å². The minimum atomic E-state index is -1.23. The van der Waals surface area contributed by atoms with Crippen LogP contribution < -0.4 is 5.32 Å². The van der Waals surface area contributed by atoms with Crippen molar-refractivity contribution in [2.45, 2.75) is 95.8 Å². The van der Waals surface area contributed by atoms with Gasteiger partial charge in [0.1, 0.15) is 0 Å². The molecule has 2 bridgehead atoms. The number of amides is 2. The Morgan fingerprint density at radius 3 is 2.33 bits per heavy atom. The fourth-order valence-corrected chi connectivity index (χ4v) is 9.86. The molecule has 57 heavy (non-hydrogen) atoms. The van der Waals surface area contributed by atoms with Crippen molar-refractivity contribution in [1.82, 2.24) is 10.2 Å². The average Bonchev–Trinajstić information content (AvgIpc) is 3.84. The number of urea groups is 1. The molecule has 6 nitrogen and oxygen atoms in total. The molecule has 5 atom stereocenters. The molecule has 4 aromatic carbocycles. The van der Waals surface area contributed by atoms with Crippen molar-refractivity contribution in [3.05, 3.63) is 165 Å². The van der Waals surface area contributed by atoms with E-state index >= 15 is 0 Å². The monoisotopic (exact) mass is 780 g/mol. The van der Waals surface area contributed by atoms with Crippen LogP contribution in [0.5, 0.6) is 0 Å². The van der Waals surface area contributed by atoms with Crippen molar-refractivity contribution in [2.24, 2.45) is 5.41 Å². The number of allylic oxidation sites excluding steroid dienone is 2. The number of benzene rings is 4. The van der Waals surface area contributed by atoms with Crippen LogP contribution in [0.4, 0.5) is 4.79 Å². The number of aliphatic hydroxyl groups excluding tert-OH is 1. The zero-order valence-corrected chi connectivity index (χ0v) is 34.3. The van der Waals surface area contributed by atoms with Crippen molar-refractivity contribution in [3.63, 3.8) is 0 Å². The van der Waals surface area contributed by atoms with Crippen molar-refractivity contribution >= 4 is 23.2 Å². The summed E-state index contributed by atoms with van der Waals surface area (Å²) in [5.74, 6) is -0.209. The third kappa shape index (κ3) is 9.17. The number of thiophene rings is 1. The van der Waals surface area contributed by atoms with Gasteiger partial charge in [0.05, 0.1) is 24.3 Å². The molecule has 8 rings (SSSR count). The molecule has 1 heterocycles. The largest absolute Gasteiger partial charge is 0.393 e. The average molecular weight is 781 g/mol. The predicted molar refractivity (Wildman–Crippen MR) is 232 cm³/mol. The van der Waals surface area contributed by atoms with Crippen LogP contribution in [0, 0.1) is 5.41 Å². The fraction of sp³-hybridized carbons (Fsp3) is 0.360. The molecule has 3 aliphatic carbocycles. The summed E-state index contributed by atoms with van der Waals surface area (Å²) < 4.78 is 0. The first-order valence-corrected chi connectivity index (χ1v) is 21.4. The van der Waals surface area contributed by atoms with E-state index in [0.29, 0.717) is 56.2 Å². The molecule has 5 aromatic rings. The van der Waals surface area contributed by atoms with Crippen LogP contribution in [0.2, 0.25) is 0 Å². The second kappa shape index (κ2) is 17.8. The first-order valence-electron chi connectivity index (χ1n) is 20.5. The van der Waals surface area contributed by atoms with Crippen LogP contribution in [0.25, 0.3) is 11.1 Å². The zero-order valence-electron chi connectivity index (χ0n) is 33.5. The molecule has 0 saturated heterocycles. The second-order valence-corrected chi connectivity index (χ2v) is 17.6. The lowest BCUT2D eigenvalue weighted by molar-refractivity contribution is -0.0769. The summed E-state index contributed by atoms with van der Waals surface area (Å²) in [4.78, 5) is 32.0. The van der Waals surface area contributed by atoms with Gasteiger partial charge in [0, 0.05) is 28.0 Å². The van der Waals surface area contributed by atoms with Crippen molar-refractivity contribution in [3.8, 4) is 11.1 Å². The molecule has 2 amide bonds. The van der Waals surface area contributed by atoms with Gasteiger partial charge in [0.2, 0.25) is 0 Å². The molecule has 0 radical (unpaired) electrons. The molecule has 0 aliphatic heterocycles. The number of nitrogens with zero attached hydrogens (tertiary/aromatic N) is 1. The summed E-state index contributed by atoms with van der Waals surface area (Å²) in [5, 5.41) is 29.5. The van der Waals surface area contributed by atoms with Gasteiger partial charge in [-0.25, -0.2) is 4.79 Å². The summed E-state index contributed by atoms with van der Waals surface area (Å²) in [6, 6.07) is 37.8. The Hall–Kier alpha value is -4.82. The highest BCUT2D eigenvalue weighted by molar-refractivity contribution is 7.09. The van der Waals surface area contributed by atoms with E-state index in [1.165, 1.54) is 10.5 Å². The first kappa shape index (κ1) is 40.4. The quantitative estimate of drug-likeness (QED) is 0.0972. The number of carbonyl (C=O) groups excluding carboxylic acids is 2. The maximum Gasteiger partial charge on any atom is 0.317 e. The van der Waals surface area contributed by atoms with E-state index in [2.05, 4.69) is 61.0 Å². The predicted octanol–water partition coefficient (Wildman–Crippen LogP) is 10.7. The number of ketones is 1. The number of fused-ring (bicyclic) bond motifs is 8. The summed E-state index contributed by atoms with van der Waals surface area (Å²) in [6.07, 6.45) is 6.88. The number of hydrogen-bond donors (Lipinski definition) is 3. The molecular formula is C50H56N2O4S. The fourth-order valence-electron chi connectivity index (χ4n) is 9.17. The van der Waals surface area contributed by atoms with Crippen LogP contribution in [0.15, 0.2) is 132 Å². The van der Waals surface area contributed by atoms with E-state index in [1.807, 2.05) is 96.8 Å². The van der Waals surface area contributed by atoms with E-state index in [0.717, 1.165) is 40.7 Å². The molecule has 5 unspecified atom stereocenters. The SMILES string of the molecule is CC1=CCCC2(C)C(CCC2(O)CN(CCc2cccs2)C(=O)NC(C)c2ccccc2)c2ccc(cc2C(=O)c2ccc(-c3ccccc3)cc2)CC(O)CC1. The van der Waals surface area contributed by atoms with Crippen LogP contribution >= 0.6 is 11.3 Å². The van der Waals surface area contributed by atoms with E-state index in [9.17, 15) is 19.8 Å². The molecule has 3 N–H and O–H groups in total. The van der Waals surface area contributed by atoms with E-state index in [4.69, 9.17) is 0 Å². The molecule has 1 saturated carbocycles. The Balaban J connectivity index is 1.25. The van der Waals surface area contributed by atoms with E-state index in [1.54, 1.807) is 11.3 Å². The van der Waals surface area contributed by atoms with Crippen LogP contribution in [-0.4, -0.2) is 51.7 Å². The lowest BCUT2D eigenvalue weighted by atomic mass is 9.64. The van der Waals surface area contributed by atoms with Gasteiger partial charge in [-0.1, -0.05) is 122 Å². The van der Waals surface area contributed by atoms with Crippen LogP contribution in [0.1, 0.15) is 109 Å². The Bertz CT molecular complexity index is 2150. The van der Waals surface area contributed by atoms with E-state index < -0.39 is 17.1 Å². The highest BCUT2D eigenvalue weighted by atomic mass is 32.1. The van der Waals surface area contributed by atoms with Crippen molar-refractivity contribution < 1.29 is 19.8 Å². The smallest absolute Gasteiger partial charge is 0.317 e. The third-order valence-electron chi connectivity index (χ3n) is 12.8. The van der Waals surface area contributed by atoms with E-state index in [-0.39, 0.29) is 30.3 Å². The topological polar surface area (TPSA) is 89.9 Å². The number of nitrogens with one attached hydrogen (secondary N) is 1. The van der Waals surface area contributed by atoms with Gasteiger partial charge in [-0.2, -0.15) is 0 Å². The Morgan fingerprint density at radius 1 is 0.895 bits per heavy atom. The van der Waals surface area contributed by atoms with Gasteiger partial charge >= 0.3 is 6.03 Å². The van der Waals surface area contributed by atoms with Gasteiger partial charge in [0.25, 0.3) is 0 Å². The maximum atomic E-state index is 14.7. The van der Waals surface area contributed by atoms with Gasteiger partial charge < -0.3 is 20.4 Å². The molecule has 1 aromatic heterocycles. The Labute approximate surface area is 342 Å². The molecule has 7 heteroatoms. The minimum Gasteiger partial charge on any atom is -0.393 e. The lowest BCUT2D eigenvalue weighted by Gasteiger charge is -2.46. The standard InChI is InChI=1S/C50H56N2O4S/c1-35-12-10-28-49(3)46(26-29-50(49,56)34-52(30-27-43-17-11-31-57-43)48(55)51-36(2)38-13-6-4-7-14-38)44-25-19-37(32-42(53)24-18-35)33-45(44)47(54)41-22-20-40(21-23-41)39-15-8-5-9-16-39/h4-9,11-17,19-23,25,31,33,36,42,46,53,56H,10,18,24,26-30,32,34H2,1-3H3,(H,51,55). The van der Waals surface area contributed by atoms with Gasteiger partial charge in [-0.05, 0) is 116 Å². The van der Waals surface area contributed by atoms with Gasteiger partial charge in [-0.3, -0.25) is 4.79 Å². The summed E-state index contributed by atoms with van der Waals surface area (Å²) in [5.41, 5.74) is 5.55. The number of hydrogen-bond acceptors (Lipinski definition) is 5. The molecule has 296 valence electrons. The van der Waals surface area contributed by atoms with Gasteiger partial charge in [0.15, 0.2) is 5.78 Å². The maximum absolute atomic E-state index is 14.7. The third-order valence-corrected chi connectivity index (χ3v) is 13.7. The van der Waals surface area contributed by atoms with Crippen LogP contribution in [0.3, 0.4) is 0 Å². The van der Waals surface area contributed by atoms with Gasteiger partial charge in [-0.15, -0.1) is 11.3 Å². The molecule has 1 fully saturated rings. The normalized spacial score (nSPS) is 22.9. The Kier molecular flexibility index (Phi) is 12.6. The number of aliphatic hydroxyl groups is 2. The Morgan fingerprint density at radius 2 is 1.61 bits per heavy atom.